The van der Waals surface area contributed by atoms with E-state index in [1.54, 1.807) is 11.7 Å². The van der Waals surface area contributed by atoms with Gasteiger partial charge in [-0.15, -0.1) is 11.3 Å². The summed E-state index contributed by atoms with van der Waals surface area (Å²) >= 11 is 1.53. The van der Waals surface area contributed by atoms with E-state index < -0.39 is 5.60 Å². The lowest BCUT2D eigenvalue weighted by molar-refractivity contribution is -0.905. The molecule has 6 rings (SSSR count). The first kappa shape index (κ1) is 15.2. The zero-order valence-electron chi connectivity index (χ0n) is 13.6. The Morgan fingerprint density at radius 1 is 1.32 bits per heavy atom. The molecule has 1 unspecified atom stereocenters. The largest absolute Gasteiger partial charge is 0.633 e. The molecule has 2 bridgehead atoms. The highest BCUT2D eigenvalue weighted by Crippen LogP contribution is 2.44. The molecule has 6 heterocycles. The number of hydroxylamine groups is 3. The van der Waals surface area contributed by atoms with Crippen LogP contribution in [0.25, 0.3) is 10.6 Å². The number of aliphatic imine (C=N–C) groups is 1. The monoisotopic (exact) mass is 358 g/mol. The van der Waals surface area contributed by atoms with Gasteiger partial charge in [-0.05, 0) is 0 Å². The molecule has 3 fully saturated rings. The van der Waals surface area contributed by atoms with E-state index in [-0.39, 0.29) is 4.65 Å². The number of hydrogen-bond donors (Lipinski definition) is 1. The van der Waals surface area contributed by atoms with Gasteiger partial charge in [-0.3, -0.25) is 10.3 Å². The molecule has 9 heteroatoms. The number of aromatic nitrogens is 3. The molecule has 130 valence electrons. The first-order valence-electron chi connectivity index (χ1n) is 8.43. The minimum atomic E-state index is -0.436. The predicted octanol–water partition coefficient (Wildman–Crippen LogP) is 1.88. The van der Waals surface area contributed by atoms with Crippen LogP contribution in [0, 0.1) is 11.1 Å². The lowest BCUT2D eigenvalue weighted by Crippen LogP contribution is -2.67. The number of anilines is 1. The van der Waals surface area contributed by atoms with Gasteiger partial charge in [0.15, 0.2) is 5.60 Å². The lowest BCUT2D eigenvalue weighted by Gasteiger charge is -2.58. The maximum absolute atomic E-state index is 12.7. The molecular weight excluding hydrogens is 340 g/mol. The second-order valence-electron chi connectivity index (χ2n) is 7.01. The molecule has 1 N–H and O–H groups in total. The van der Waals surface area contributed by atoms with Gasteiger partial charge in [0.25, 0.3) is 6.02 Å². The normalized spacial score (nSPS) is 33.3. The molecule has 1 atom stereocenters. The number of amidine groups is 1. The van der Waals surface area contributed by atoms with E-state index in [9.17, 15) is 5.21 Å². The number of nitrogens with zero attached hydrogens (tertiary/aromatic N) is 5. The molecule has 0 aliphatic carbocycles. The SMILES string of the molecule is [O-][N+]12CCC(CC1)C1(CN=C(Nc3cc(-c4cncs4)ncn3)O1)C2. The number of nitrogens with one attached hydrogen (secondary N) is 1. The molecule has 4 aliphatic rings. The topological polar surface area (TPSA) is 95.4 Å². The number of fused-ring (bicyclic) bond motifs is 2. The molecule has 0 amide bonds. The number of hydrogen-bond acceptors (Lipinski definition) is 8. The standard InChI is InChI=1S/C16H18N6O2S/c23-22-3-1-11(2-4-22)16(8-22)7-18-15(24-16)21-14-5-12(19-9-20-14)13-6-17-10-25-13/h5-6,9-11H,1-4,7-8H2,(H,18,19,20,21). The molecule has 8 nitrogen and oxygen atoms in total. The van der Waals surface area contributed by atoms with Crippen molar-refractivity contribution < 1.29 is 9.38 Å². The van der Waals surface area contributed by atoms with Gasteiger partial charge in [0.1, 0.15) is 18.7 Å². The van der Waals surface area contributed by atoms with Crippen LogP contribution < -0.4 is 5.32 Å². The van der Waals surface area contributed by atoms with E-state index >= 15 is 0 Å². The highest BCUT2D eigenvalue weighted by atomic mass is 32.1. The Morgan fingerprint density at radius 3 is 2.96 bits per heavy atom. The maximum Gasteiger partial charge on any atom is 0.291 e. The van der Waals surface area contributed by atoms with Crippen LogP contribution in [0.15, 0.2) is 29.1 Å². The summed E-state index contributed by atoms with van der Waals surface area (Å²) in [5, 5.41) is 15.8. The van der Waals surface area contributed by atoms with Gasteiger partial charge in [-0.25, -0.2) is 15.0 Å². The van der Waals surface area contributed by atoms with Crippen LogP contribution in [0.3, 0.4) is 0 Å². The summed E-state index contributed by atoms with van der Waals surface area (Å²) in [5.74, 6) is 1.05. The van der Waals surface area contributed by atoms with Gasteiger partial charge in [-0.2, -0.15) is 0 Å². The molecule has 0 saturated carbocycles. The van der Waals surface area contributed by atoms with Crippen molar-refractivity contribution in [1.82, 2.24) is 15.0 Å². The van der Waals surface area contributed by atoms with E-state index in [0.29, 0.717) is 43.9 Å². The van der Waals surface area contributed by atoms with Gasteiger partial charge >= 0.3 is 0 Å². The fraction of sp³-hybridized carbons (Fsp3) is 0.500. The maximum atomic E-state index is 12.7. The van der Waals surface area contributed by atoms with Gasteiger partial charge in [0, 0.05) is 31.0 Å². The van der Waals surface area contributed by atoms with E-state index in [2.05, 4.69) is 25.3 Å². The number of rotatable bonds is 2. The second-order valence-corrected chi connectivity index (χ2v) is 7.89. The third-order valence-corrected chi connectivity index (χ3v) is 6.24. The van der Waals surface area contributed by atoms with Crippen LogP contribution in [0.5, 0.6) is 0 Å². The molecule has 25 heavy (non-hydrogen) atoms. The number of piperidine rings is 3. The summed E-state index contributed by atoms with van der Waals surface area (Å²) in [6.07, 6.45) is 5.14. The van der Waals surface area contributed by atoms with Gasteiger partial charge < -0.3 is 14.6 Å². The summed E-state index contributed by atoms with van der Waals surface area (Å²) < 4.78 is 6.04. The van der Waals surface area contributed by atoms with Crippen molar-refractivity contribution in [2.45, 2.75) is 18.4 Å². The molecule has 0 aromatic carbocycles. The van der Waals surface area contributed by atoms with Gasteiger partial charge in [-0.1, -0.05) is 0 Å². The van der Waals surface area contributed by atoms with E-state index in [1.807, 2.05) is 6.07 Å². The number of thiazole rings is 1. The Kier molecular flexibility index (Phi) is 3.31. The predicted molar refractivity (Wildman–Crippen MR) is 93.8 cm³/mol. The van der Waals surface area contributed by atoms with Crippen molar-refractivity contribution in [3.05, 3.63) is 29.3 Å². The average Bonchev–Trinajstić information content (AvgIpc) is 3.26. The average molecular weight is 358 g/mol. The molecular formula is C16H18N6O2S. The smallest absolute Gasteiger partial charge is 0.291 e. The van der Waals surface area contributed by atoms with Crippen molar-refractivity contribution >= 4 is 23.2 Å². The minimum absolute atomic E-state index is 0.137. The van der Waals surface area contributed by atoms with Crippen molar-refractivity contribution in [2.24, 2.45) is 10.9 Å². The molecule has 2 aromatic rings. The van der Waals surface area contributed by atoms with E-state index in [0.717, 1.165) is 23.4 Å². The highest BCUT2D eigenvalue weighted by Gasteiger charge is 2.56. The second kappa shape index (κ2) is 5.45. The third-order valence-electron chi connectivity index (χ3n) is 5.45. The zero-order chi connectivity index (χ0) is 16.9. The molecule has 4 aliphatic heterocycles. The van der Waals surface area contributed by atoms with Crippen LogP contribution in [0.4, 0.5) is 5.82 Å². The first-order chi connectivity index (χ1) is 12.1. The Labute approximate surface area is 148 Å². The summed E-state index contributed by atoms with van der Waals surface area (Å²) in [4.78, 5) is 18.1. The Balaban J connectivity index is 1.33. The molecule has 2 aromatic heterocycles. The Hall–Kier alpha value is -2.10. The quantitative estimate of drug-likeness (QED) is 0.650. The Morgan fingerprint density at radius 2 is 2.20 bits per heavy atom. The van der Waals surface area contributed by atoms with Crippen molar-refractivity contribution in [3.63, 3.8) is 0 Å². The summed E-state index contributed by atoms with van der Waals surface area (Å²) in [5.41, 5.74) is 2.14. The van der Waals surface area contributed by atoms with E-state index in [4.69, 9.17) is 4.74 Å². The van der Waals surface area contributed by atoms with Crippen LogP contribution in [0.2, 0.25) is 0 Å². The highest BCUT2D eigenvalue weighted by molar-refractivity contribution is 7.13. The zero-order valence-corrected chi connectivity index (χ0v) is 14.4. The minimum Gasteiger partial charge on any atom is -0.633 e. The van der Waals surface area contributed by atoms with E-state index in [1.165, 1.54) is 17.7 Å². The van der Waals surface area contributed by atoms with Crippen LogP contribution >= 0.6 is 11.3 Å². The summed E-state index contributed by atoms with van der Waals surface area (Å²) in [7, 11) is 0. The first-order valence-corrected chi connectivity index (χ1v) is 9.31. The summed E-state index contributed by atoms with van der Waals surface area (Å²) in [6.45, 7) is 2.47. The van der Waals surface area contributed by atoms with Crippen molar-refractivity contribution in [2.75, 3.05) is 31.5 Å². The Bertz CT molecular complexity index is 818. The van der Waals surface area contributed by atoms with Crippen molar-refractivity contribution in [1.29, 1.82) is 0 Å². The van der Waals surface area contributed by atoms with Crippen LogP contribution in [-0.2, 0) is 4.74 Å². The van der Waals surface area contributed by atoms with Gasteiger partial charge in [0.05, 0.1) is 35.7 Å². The number of quaternary nitrogens is 1. The molecule has 0 radical (unpaired) electrons. The lowest BCUT2D eigenvalue weighted by atomic mass is 9.75. The fourth-order valence-electron chi connectivity index (χ4n) is 4.17. The van der Waals surface area contributed by atoms with Gasteiger partial charge in [0.2, 0.25) is 0 Å². The molecule has 3 saturated heterocycles. The van der Waals surface area contributed by atoms with Crippen LogP contribution in [0.1, 0.15) is 12.8 Å². The number of ether oxygens (including phenoxy) is 1. The fourth-order valence-corrected chi connectivity index (χ4v) is 4.76. The molecule has 1 spiro atoms. The van der Waals surface area contributed by atoms with Crippen molar-refractivity contribution in [3.8, 4) is 10.6 Å². The van der Waals surface area contributed by atoms with Crippen LogP contribution in [-0.4, -0.2) is 57.4 Å². The summed E-state index contributed by atoms with van der Waals surface area (Å²) in [6, 6.07) is 2.30. The third kappa shape index (κ3) is 2.59.